The highest BCUT2D eigenvalue weighted by Gasteiger charge is 2.31. The zero-order valence-electron chi connectivity index (χ0n) is 20.7. The van der Waals surface area contributed by atoms with E-state index in [-0.39, 0.29) is 0 Å². The topological polar surface area (TPSA) is 82.3 Å². The Morgan fingerprint density at radius 3 is 2.54 bits per heavy atom. The lowest BCUT2D eigenvalue weighted by molar-refractivity contribution is -0.0679. The molecule has 4 aromatic carbocycles. The van der Waals surface area contributed by atoms with Crippen LogP contribution in [0, 0.1) is 0 Å². The van der Waals surface area contributed by atoms with Crippen molar-refractivity contribution >= 4 is 10.8 Å². The van der Waals surface area contributed by atoms with Crippen LogP contribution in [0.15, 0.2) is 84.9 Å². The summed E-state index contributed by atoms with van der Waals surface area (Å²) >= 11 is 0. The van der Waals surface area contributed by atoms with Crippen molar-refractivity contribution in [2.45, 2.75) is 25.0 Å². The molecule has 1 aromatic heterocycles. The van der Waals surface area contributed by atoms with Crippen molar-refractivity contribution in [1.82, 2.24) is 20.2 Å². The molecule has 1 N–H and O–H groups in total. The van der Waals surface area contributed by atoms with Gasteiger partial charge >= 0.3 is 0 Å². The molecule has 7 heteroatoms. The maximum Gasteiger partial charge on any atom is 0.204 e. The number of rotatable bonds is 6. The molecule has 5 aromatic rings. The average Bonchev–Trinajstić information content (AvgIpc) is 3.38. The van der Waals surface area contributed by atoms with Gasteiger partial charge in [0.15, 0.2) is 0 Å². The van der Waals surface area contributed by atoms with E-state index in [0.29, 0.717) is 38.5 Å². The molecule has 0 spiro atoms. The summed E-state index contributed by atoms with van der Waals surface area (Å²) in [5, 5.41) is 25.9. The van der Waals surface area contributed by atoms with E-state index >= 15 is 0 Å². The van der Waals surface area contributed by atoms with Gasteiger partial charge in [-0.25, -0.2) is 0 Å². The van der Waals surface area contributed by atoms with Crippen LogP contribution in [-0.4, -0.2) is 38.5 Å². The monoisotopic (exact) mass is 492 g/mol. The van der Waals surface area contributed by atoms with Gasteiger partial charge in [0.05, 0.1) is 12.6 Å². The van der Waals surface area contributed by atoms with Crippen molar-refractivity contribution in [2.24, 2.45) is 7.05 Å². The SMILES string of the molecule is Cn1nnc(-c2cc(-c3ccccc3)c3ccc(OCc4cccc(C5(O)CCOCC5)c4)cc3c2)n1. The second kappa shape index (κ2) is 9.76. The summed E-state index contributed by atoms with van der Waals surface area (Å²) < 4.78 is 11.7. The fourth-order valence-corrected chi connectivity index (χ4v) is 4.94. The van der Waals surface area contributed by atoms with Crippen LogP contribution in [0.5, 0.6) is 5.75 Å². The summed E-state index contributed by atoms with van der Waals surface area (Å²) in [6, 6.07) is 28.7. The second-order valence-electron chi connectivity index (χ2n) is 9.51. The molecule has 0 amide bonds. The summed E-state index contributed by atoms with van der Waals surface area (Å²) in [5.41, 5.74) is 4.22. The summed E-state index contributed by atoms with van der Waals surface area (Å²) in [4.78, 5) is 1.46. The lowest BCUT2D eigenvalue weighted by Gasteiger charge is -2.32. The first-order chi connectivity index (χ1) is 18.1. The van der Waals surface area contributed by atoms with Crippen LogP contribution in [0.4, 0.5) is 0 Å². The number of aliphatic hydroxyl groups is 1. The van der Waals surface area contributed by atoms with Crippen LogP contribution in [0.25, 0.3) is 33.3 Å². The van der Waals surface area contributed by atoms with Crippen molar-refractivity contribution in [2.75, 3.05) is 13.2 Å². The Hall–Kier alpha value is -4.07. The number of hydrogen-bond acceptors (Lipinski definition) is 6. The van der Waals surface area contributed by atoms with Crippen molar-refractivity contribution in [3.8, 4) is 28.3 Å². The number of tetrazole rings is 1. The molecule has 0 unspecified atom stereocenters. The second-order valence-corrected chi connectivity index (χ2v) is 9.51. The Balaban J connectivity index is 1.31. The molecule has 0 aliphatic carbocycles. The molecular formula is C30H28N4O3. The van der Waals surface area contributed by atoms with E-state index in [0.717, 1.165) is 44.3 Å². The average molecular weight is 493 g/mol. The number of benzene rings is 4. The molecular weight excluding hydrogens is 464 g/mol. The van der Waals surface area contributed by atoms with Crippen molar-refractivity contribution in [3.05, 3.63) is 96.1 Å². The maximum atomic E-state index is 11.1. The van der Waals surface area contributed by atoms with Gasteiger partial charge in [-0.05, 0) is 68.6 Å². The van der Waals surface area contributed by atoms with E-state index < -0.39 is 5.60 Å². The first-order valence-corrected chi connectivity index (χ1v) is 12.5. The normalized spacial score (nSPS) is 15.1. The van der Waals surface area contributed by atoms with Crippen molar-refractivity contribution in [1.29, 1.82) is 0 Å². The number of fused-ring (bicyclic) bond motifs is 1. The van der Waals surface area contributed by atoms with Gasteiger partial charge in [0.1, 0.15) is 12.4 Å². The van der Waals surface area contributed by atoms with E-state index in [1.165, 1.54) is 4.80 Å². The van der Waals surface area contributed by atoms with Crippen LogP contribution < -0.4 is 4.74 Å². The van der Waals surface area contributed by atoms with Gasteiger partial charge in [0.2, 0.25) is 5.82 Å². The molecule has 186 valence electrons. The molecule has 0 radical (unpaired) electrons. The quantitative estimate of drug-likeness (QED) is 0.348. The molecule has 7 nitrogen and oxygen atoms in total. The number of hydrogen-bond donors (Lipinski definition) is 1. The third-order valence-corrected chi connectivity index (χ3v) is 6.97. The Labute approximate surface area is 215 Å². The fourth-order valence-electron chi connectivity index (χ4n) is 4.94. The molecule has 1 aliphatic heterocycles. The molecule has 1 fully saturated rings. The first kappa shape index (κ1) is 23.3. The fraction of sp³-hybridized carbons (Fsp3) is 0.233. The molecule has 1 saturated heterocycles. The van der Waals surface area contributed by atoms with E-state index in [4.69, 9.17) is 9.47 Å². The highest BCUT2D eigenvalue weighted by Crippen LogP contribution is 2.35. The highest BCUT2D eigenvalue weighted by molar-refractivity contribution is 6.00. The molecule has 6 rings (SSSR count). The van der Waals surface area contributed by atoms with Crippen LogP contribution in [0.3, 0.4) is 0 Å². The van der Waals surface area contributed by atoms with E-state index in [2.05, 4.69) is 51.8 Å². The molecule has 0 bridgehead atoms. The van der Waals surface area contributed by atoms with E-state index in [9.17, 15) is 5.11 Å². The van der Waals surface area contributed by atoms with Gasteiger partial charge < -0.3 is 14.6 Å². The number of aryl methyl sites for hydroxylation is 1. The van der Waals surface area contributed by atoms with Crippen LogP contribution in [0.2, 0.25) is 0 Å². The van der Waals surface area contributed by atoms with Crippen LogP contribution in [0.1, 0.15) is 24.0 Å². The molecule has 37 heavy (non-hydrogen) atoms. The van der Waals surface area contributed by atoms with Gasteiger partial charge in [-0.2, -0.15) is 4.80 Å². The molecule has 2 heterocycles. The summed E-state index contributed by atoms with van der Waals surface area (Å²) in [6.45, 7) is 1.56. The Morgan fingerprint density at radius 1 is 0.919 bits per heavy atom. The predicted molar refractivity (Wildman–Crippen MR) is 142 cm³/mol. The molecule has 0 saturated carbocycles. The Morgan fingerprint density at radius 2 is 1.76 bits per heavy atom. The van der Waals surface area contributed by atoms with Gasteiger partial charge in [-0.1, -0.05) is 54.6 Å². The minimum atomic E-state index is -0.837. The third-order valence-electron chi connectivity index (χ3n) is 6.97. The minimum absolute atomic E-state index is 0.406. The lowest BCUT2D eigenvalue weighted by Crippen LogP contribution is -2.33. The van der Waals surface area contributed by atoms with Gasteiger partial charge in [0, 0.05) is 31.6 Å². The zero-order valence-corrected chi connectivity index (χ0v) is 20.7. The van der Waals surface area contributed by atoms with Gasteiger partial charge in [0.25, 0.3) is 0 Å². The van der Waals surface area contributed by atoms with Crippen LogP contribution >= 0.6 is 0 Å². The van der Waals surface area contributed by atoms with E-state index in [1.807, 2.05) is 48.5 Å². The summed E-state index contributed by atoms with van der Waals surface area (Å²) in [7, 11) is 1.76. The third kappa shape index (κ3) is 4.83. The summed E-state index contributed by atoms with van der Waals surface area (Å²) in [5.74, 6) is 1.35. The largest absolute Gasteiger partial charge is 0.489 e. The minimum Gasteiger partial charge on any atom is -0.489 e. The molecule has 0 atom stereocenters. The van der Waals surface area contributed by atoms with Crippen molar-refractivity contribution < 1.29 is 14.6 Å². The smallest absolute Gasteiger partial charge is 0.204 e. The van der Waals surface area contributed by atoms with Gasteiger partial charge in [-0.15, -0.1) is 10.2 Å². The standard InChI is InChI=1S/C30H28N4O3/c1-34-32-29(31-33-34)24-17-23-18-26(10-11-27(23)28(19-24)22-7-3-2-4-8-22)37-20-21-6-5-9-25(16-21)30(35)12-14-36-15-13-30/h2-11,16-19,35H,12-15,20H2,1H3. The lowest BCUT2D eigenvalue weighted by atomic mass is 9.86. The number of ether oxygens (including phenoxy) is 2. The highest BCUT2D eigenvalue weighted by atomic mass is 16.5. The maximum absolute atomic E-state index is 11.1. The Kier molecular flexibility index (Phi) is 6.16. The zero-order chi connectivity index (χ0) is 25.2. The first-order valence-electron chi connectivity index (χ1n) is 12.5. The van der Waals surface area contributed by atoms with Gasteiger partial charge in [-0.3, -0.25) is 0 Å². The number of nitrogens with zero attached hydrogens (tertiary/aromatic N) is 4. The number of aromatic nitrogens is 4. The predicted octanol–water partition coefficient (Wildman–Crippen LogP) is 5.27. The van der Waals surface area contributed by atoms with E-state index in [1.54, 1.807) is 7.05 Å². The van der Waals surface area contributed by atoms with Crippen molar-refractivity contribution in [3.63, 3.8) is 0 Å². The Bertz CT molecular complexity index is 1540. The summed E-state index contributed by atoms with van der Waals surface area (Å²) in [6.07, 6.45) is 1.21. The van der Waals surface area contributed by atoms with Crippen LogP contribution in [-0.2, 0) is 24.0 Å². The molecule has 1 aliphatic rings.